The topological polar surface area (TPSA) is 74.5 Å². The molecule has 7 nitrogen and oxygen atoms in total. The molecule has 0 spiro atoms. The zero-order valence-electron chi connectivity index (χ0n) is 17.0. The number of anilines is 1. The van der Waals surface area contributed by atoms with Gasteiger partial charge in [-0.3, -0.25) is 14.3 Å². The van der Waals surface area contributed by atoms with E-state index < -0.39 is 6.10 Å². The molecule has 7 heteroatoms. The van der Waals surface area contributed by atoms with Gasteiger partial charge in [0, 0.05) is 7.05 Å². The molecule has 3 rings (SSSR count). The molecule has 0 saturated carbocycles. The first-order valence-corrected chi connectivity index (χ1v) is 9.42. The van der Waals surface area contributed by atoms with E-state index in [9.17, 15) is 9.59 Å². The molecular weight excluding hydrogens is 370 g/mol. The number of methoxy groups -OCH3 is 1. The van der Waals surface area contributed by atoms with Crippen LogP contribution in [-0.4, -0.2) is 28.5 Å². The Labute approximate surface area is 169 Å². The van der Waals surface area contributed by atoms with Crippen molar-refractivity contribution in [1.29, 1.82) is 0 Å². The van der Waals surface area contributed by atoms with Crippen LogP contribution < -0.4 is 20.3 Å². The van der Waals surface area contributed by atoms with Crippen LogP contribution in [0.2, 0.25) is 0 Å². The number of para-hydroxylation sites is 3. The van der Waals surface area contributed by atoms with Gasteiger partial charge in [-0.2, -0.15) is 0 Å². The van der Waals surface area contributed by atoms with Crippen LogP contribution in [0.3, 0.4) is 0 Å². The summed E-state index contributed by atoms with van der Waals surface area (Å²) in [5, 5.41) is 2.76. The molecule has 0 aliphatic rings. The third kappa shape index (κ3) is 4.03. The molecule has 1 atom stereocenters. The van der Waals surface area contributed by atoms with E-state index >= 15 is 0 Å². The SMILES string of the molecule is CCC(Oc1ccccc1OC)C(=O)Nc1c(C)n(C)n(-c2ccccc2)c1=O. The maximum absolute atomic E-state index is 13.0. The normalized spacial score (nSPS) is 11.7. The third-order valence-electron chi connectivity index (χ3n) is 4.80. The maximum atomic E-state index is 13.0. The molecule has 0 saturated heterocycles. The first-order chi connectivity index (χ1) is 14.0. The number of carbonyl (C=O) groups excluding carboxylic acids is 1. The highest BCUT2D eigenvalue weighted by Gasteiger charge is 2.24. The lowest BCUT2D eigenvalue weighted by Crippen LogP contribution is -2.34. The van der Waals surface area contributed by atoms with Gasteiger partial charge in [0.1, 0.15) is 5.69 Å². The molecule has 0 aliphatic carbocycles. The second-order valence-electron chi connectivity index (χ2n) is 6.59. The fourth-order valence-corrected chi connectivity index (χ4v) is 3.11. The summed E-state index contributed by atoms with van der Waals surface area (Å²) in [6.45, 7) is 3.64. The Bertz CT molecular complexity index is 1050. The number of amides is 1. The number of ether oxygens (including phenoxy) is 2. The molecule has 1 N–H and O–H groups in total. The van der Waals surface area contributed by atoms with Crippen LogP contribution >= 0.6 is 0 Å². The number of hydrogen-bond acceptors (Lipinski definition) is 4. The molecular formula is C22H25N3O4. The molecule has 0 radical (unpaired) electrons. The van der Waals surface area contributed by atoms with Crippen molar-refractivity contribution in [3.8, 4) is 17.2 Å². The summed E-state index contributed by atoms with van der Waals surface area (Å²) < 4.78 is 14.4. The Balaban J connectivity index is 1.87. The number of rotatable bonds is 7. The summed E-state index contributed by atoms with van der Waals surface area (Å²) in [5.74, 6) is 0.633. The lowest BCUT2D eigenvalue weighted by atomic mass is 10.2. The van der Waals surface area contributed by atoms with E-state index in [0.717, 1.165) is 5.69 Å². The van der Waals surface area contributed by atoms with Crippen LogP contribution in [0.5, 0.6) is 11.5 Å². The first-order valence-electron chi connectivity index (χ1n) is 9.42. The summed E-state index contributed by atoms with van der Waals surface area (Å²) in [6, 6.07) is 16.4. The molecule has 1 unspecified atom stereocenters. The number of aromatic nitrogens is 2. The second-order valence-corrected chi connectivity index (χ2v) is 6.59. The van der Waals surface area contributed by atoms with Crippen molar-refractivity contribution in [3.63, 3.8) is 0 Å². The quantitative estimate of drug-likeness (QED) is 0.666. The monoisotopic (exact) mass is 395 g/mol. The van der Waals surface area contributed by atoms with Gasteiger partial charge in [-0.1, -0.05) is 37.3 Å². The van der Waals surface area contributed by atoms with Crippen molar-refractivity contribution in [2.45, 2.75) is 26.4 Å². The Morgan fingerprint density at radius 1 is 1.07 bits per heavy atom. The van der Waals surface area contributed by atoms with Gasteiger partial charge in [0.2, 0.25) is 0 Å². The summed E-state index contributed by atoms with van der Waals surface area (Å²) in [4.78, 5) is 25.9. The van der Waals surface area contributed by atoms with Crippen molar-refractivity contribution < 1.29 is 14.3 Å². The second kappa shape index (κ2) is 8.68. The summed E-state index contributed by atoms with van der Waals surface area (Å²) in [5.41, 5.74) is 1.32. The van der Waals surface area contributed by atoms with E-state index in [2.05, 4.69) is 5.32 Å². The zero-order valence-corrected chi connectivity index (χ0v) is 17.0. The van der Waals surface area contributed by atoms with Gasteiger partial charge in [0.25, 0.3) is 11.5 Å². The minimum Gasteiger partial charge on any atom is -0.493 e. The van der Waals surface area contributed by atoms with E-state index in [1.54, 1.807) is 37.9 Å². The van der Waals surface area contributed by atoms with Gasteiger partial charge in [-0.05, 0) is 37.6 Å². The molecule has 0 aliphatic heterocycles. The average Bonchev–Trinajstić information content (AvgIpc) is 2.95. The van der Waals surface area contributed by atoms with Gasteiger partial charge in [-0.25, -0.2) is 4.68 Å². The largest absolute Gasteiger partial charge is 0.493 e. The predicted molar refractivity (Wildman–Crippen MR) is 112 cm³/mol. The third-order valence-corrected chi connectivity index (χ3v) is 4.80. The van der Waals surface area contributed by atoms with Crippen molar-refractivity contribution in [2.24, 2.45) is 7.05 Å². The Morgan fingerprint density at radius 3 is 2.31 bits per heavy atom. The number of benzene rings is 2. The van der Waals surface area contributed by atoms with E-state index in [1.165, 1.54) is 4.68 Å². The van der Waals surface area contributed by atoms with Crippen LogP contribution in [0.1, 0.15) is 19.0 Å². The lowest BCUT2D eigenvalue weighted by molar-refractivity contribution is -0.122. The van der Waals surface area contributed by atoms with Gasteiger partial charge < -0.3 is 14.8 Å². The van der Waals surface area contributed by atoms with Crippen molar-refractivity contribution in [1.82, 2.24) is 9.36 Å². The molecule has 3 aromatic rings. The minimum absolute atomic E-state index is 0.239. The molecule has 1 aromatic heterocycles. The predicted octanol–water partition coefficient (Wildman–Crippen LogP) is 3.29. The lowest BCUT2D eigenvalue weighted by Gasteiger charge is -2.18. The smallest absolute Gasteiger partial charge is 0.295 e. The molecule has 152 valence electrons. The standard InChI is InChI=1S/C22H25N3O4/c1-5-17(29-19-14-10-9-13-18(19)28-4)21(26)23-20-15(2)24(3)25(22(20)27)16-11-7-6-8-12-16/h6-14,17H,5H2,1-4H3,(H,23,26). The fourth-order valence-electron chi connectivity index (χ4n) is 3.11. The van der Waals surface area contributed by atoms with Crippen LogP contribution in [0.15, 0.2) is 59.4 Å². The van der Waals surface area contributed by atoms with Crippen LogP contribution in [-0.2, 0) is 11.8 Å². The minimum atomic E-state index is -0.768. The highest BCUT2D eigenvalue weighted by Crippen LogP contribution is 2.27. The van der Waals surface area contributed by atoms with Crippen molar-refractivity contribution in [3.05, 3.63) is 70.6 Å². The summed E-state index contributed by atoms with van der Waals surface area (Å²) in [6.07, 6.45) is -0.335. The molecule has 29 heavy (non-hydrogen) atoms. The van der Waals surface area contributed by atoms with Crippen molar-refractivity contribution >= 4 is 11.6 Å². The van der Waals surface area contributed by atoms with E-state index in [0.29, 0.717) is 23.6 Å². The number of carbonyl (C=O) groups is 1. The highest BCUT2D eigenvalue weighted by atomic mass is 16.5. The molecule has 1 amide bonds. The van der Waals surface area contributed by atoms with E-state index in [-0.39, 0.29) is 17.2 Å². The maximum Gasteiger partial charge on any atom is 0.295 e. The van der Waals surface area contributed by atoms with Gasteiger partial charge in [-0.15, -0.1) is 0 Å². The number of hydrogen-bond donors (Lipinski definition) is 1. The summed E-state index contributed by atoms with van der Waals surface area (Å²) in [7, 11) is 3.32. The van der Waals surface area contributed by atoms with Gasteiger partial charge in [0.05, 0.1) is 18.5 Å². The molecule has 1 heterocycles. The average molecular weight is 395 g/mol. The molecule has 2 aromatic carbocycles. The van der Waals surface area contributed by atoms with Gasteiger partial charge >= 0.3 is 0 Å². The van der Waals surface area contributed by atoms with Crippen molar-refractivity contribution in [2.75, 3.05) is 12.4 Å². The van der Waals surface area contributed by atoms with Crippen LogP contribution in [0, 0.1) is 6.92 Å². The van der Waals surface area contributed by atoms with Crippen LogP contribution in [0.25, 0.3) is 5.69 Å². The highest BCUT2D eigenvalue weighted by molar-refractivity contribution is 5.94. The van der Waals surface area contributed by atoms with E-state index in [1.807, 2.05) is 49.4 Å². The number of nitrogens with one attached hydrogen (secondary N) is 1. The first kappa shape index (κ1) is 20.3. The Hall–Kier alpha value is -3.48. The molecule has 0 bridgehead atoms. The van der Waals surface area contributed by atoms with Gasteiger partial charge in [0.15, 0.2) is 17.6 Å². The number of nitrogens with zero attached hydrogens (tertiary/aromatic N) is 2. The van der Waals surface area contributed by atoms with Crippen LogP contribution in [0.4, 0.5) is 5.69 Å². The zero-order chi connectivity index (χ0) is 21.0. The summed E-state index contributed by atoms with van der Waals surface area (Å²) >= 11 is 0. The Morgan fingerprint density at radius 2 is 1.69 bits per heavy atom. The molecule has 0 fully saturated rings. The van der Waals surface area contributed by atoms with E-state index in [4.69, 9.17) is 9.47 Å². The Kier molecular flexibility index (Phi) is 6.07. The fraction of sp³-hybridized carbons (Fsp3) is 0.273.